The predicted octanol–water partition coefficient (Wildman–Crippen LogP) is 0.938. The first-order valence-corrected chi connectivity index (χ1v) is 3.66. The van der Waals surface area contributed by atoms with E-state index in [1.54, 1.807) is 0 Å². The van der Waals surface area contributed by atoms with Gasteiger partial charge >= 0.3 is 0 Å². The largest absolute Gasteiger partial charge is 0.396 e. The number of unbranched alkanes of at least 4 members (excludes halogenated alkanes) is 1. The Hall–Kier alpha value is -0.0800. The van der Waals surface area contributed by atoms with Crippen molar-refractivity contribution in [3.8, 4) is 0 Å². The van der Waals surface area contributed by atoms with Gasteiger partial charge in [-0.15, -0.1) is 0 Å². The molecule has 0 radical (unpaired) electrons. The van der Waals surface area contributed by atoms with Gasteiger partial charge in [-0.1, -0.05) is 0 Å². The normalized spacial score (nSPS) is 18.3. The second-order valence-corrected chi connectivity index (χ2v) is 2.50. The van der Waals surface area contributed by atoms with E-state index in [4.69, 9.17) is 9.84 Å². The lowest BCUT2D eigenvalue weighted by Gasteiger charge is -1.98. The third kappa shape index (κ3) is 3.49. The van der Waals surface area contributed by atoms with Crippen LogP contribution < -0.4 is 0 Å². The van der Waals surface area contributed by atoms with Crippen LogP contribution in [0.5, 0.6) is 0 Å². The molecule has 9 heavy (non-hydrogen) atoms. The van der Waals surface area contributed by atoms with E-state index in [0.29, 0.717) is 12.7 Å². The Bertz CT molecular complexity index is 69.3. The maximum atomic E-state index is 8.39. The molecule has 2 nitrogen and oxygen atoms in total. The van der Waals surface area contributed by atoms with E-state index < -0.39 is 0 Å². The smallest absolute Gasteiger partial charge is 0.0577 e. The van der Waals surface area contributed by atoms with E-state index in [0.717, 1.165) is 19.4 Å². The van der Waals surface area contributed by atoms with Crippen molar-refractivity contribution in [2.45, 2.75) is 31.8 Å². The first-order valence-electron chi connectivity index (χ1n) is 3.66. The highest BCUT2D eigenvalue weighted by atomic mass is 16.5. The first kappa shape index (κ1) is 7.03. The lowest BCUT2D eigenvalue weighted by molar-refractivity contribution is 0.111. The van der Waals surface area contributed by atoms with Crippen molar-refractivity contribution in [3.63, 3.8) is 0 Å². The van der Waals surface area contributed by atoms with Crippen molar-refractivity contribution in [2.75, 3.05) is 13.2 Å². The molecule has 1 rings (SSSR count). The molecule has 0 unspecified atom stereocenters. The highest BCUT2D eigenvalue weighted by Gasteiger charge is 2.21. The second kappa shape index (κ2) is 3.85. The summed E-state index contributed by atoms with van der Waals surface area (Å²) < 4.78 is 5.34. The predicted molar refractivity (Wildman–Crippen MR) is 35.3 cm³/mol. The van der Waals surface area contributed by atoms with Crippen LogP contribution in [0.1, 0.15) is 25.7 Å². The van der Waals surface area contributed by atoms with Gasteiger partial charge in [-0.05, 0) is 25.7 Å². The van der Waals surface area contributed by atoms with Gasteiger partial charge in [0.15, 0.2) is 0 Å². The fourth-order valence-corrected chi connectivity index (χ4v) is 0.699. The Kier molecular flexibility index (Phi) is 3.01. The van der Waals surface area contributed by atoms with Gasteiger partial charge in [0, 0.05) is 13.2 Å². The molecule has 0 aromatic rings. The van der Waals surface area contributed by atoms with Gasteiger partial charge in [0.1, 0.15) is 0 Å². The molecule has 54 valence electrons. The zero-order valence-electron chi connectivity index (χ0n) is 5.68. The molecular formula is C7H14O2. The Labute approximate surface area is 55.8 Å². The first-order chi connectivity index (χ1) is 4.43. The van der Waals surface area contributed by atoms with Crippen LogP contribution in [-0.2, 0) is 4.74 Å². The average molecular weight is 130 g/mol. The monoisotopic (exact) mass is 130 g/mol. The number of hydrogen-bond acceptors (Lipinski definition) is 2. The number of rotatable bonds is 5. The number of aliphatic hydroxyl groups excluding tert-OH is 1. The minimum Gasteiger partial charge on any atom is -0.396 e. The molecule has 1 aliphatic rings. The molecule has 1 saturated carbocycles. The highest BCUT2D eigenvalue weighted by molar-refractivity contribution is 4.72. The topological polar surface area (TPSA) is 29.5 Å². The van der Waals surface area contributed by atoms with Crippen molar-refractivity contribution < 1.29 is 9.84 Å². The number of hydrogen-bond donors (Lipinski definition) is 1. The van der Waals surface area contributed by atoms with Crippen LogP contribution in [0.15, 0.2) is 0 Å². The van der Waals surface area contributed by atoms with Crippen LogP contribution in [0.4, 0.5) is 0 Å². The van der Waals surface area contributed by atoms with Crippen molar-refractivity contribution >= 4 is 0 Å². The molecule has 2 heteroatoms. The van der Waals surface area contributed by atoms with E-state index in [2.05, 4.69) is 0 Å². The summed E-state index contributed by atoms with van der Waals surface area (Å²) in [7, 11) is 0. The van der Waals surface area contributed by atoms with Gasteiger partial charge < -0.3 is 9.84 Å². The quantitative estimate of drug-likeness (QED) is 0.561. The minimum atomic E-state index is 0.300. The molecule has 0 amide bonds. The fourth-order valence-electron chi connectivity index (χ4n) is 0.699. The molecule has 1 aliphatic carbocycles. The third-order valence-corrected chi connectivity index (χ3v) is 1.43. The van der Waals surface area contributed by atoms with Crippen molar-refractivity contribution in [1.82, 2.24) is 0 Å². The van der Waals surface area contributed by atoms with Crippen molar-refractivity contribution in [3.05, 3.63) is 0 Å². The highest BCUT2D eigenvalue weighted by Crippen LogP contribution is 2.23. The molecule has 0 aromatic heterocycles. The van der Waals surface area contributed by atoms with E-state index in [1.165, 1.54) is 12.8 Å². The number of aliphatic hydroxyl groups is 1. The summed E-state index contributed by atoms with van der Waals surface area (Å²) in [5.74, 6) is 0. The maximum absolute atomic E-state index is 8.39. The zero-order valence-corrected chi connectivity index (χ0v) is 5.68. The van der Waals surface area contributed by atoms with E-state index in [-0.39, 0.29) is 0 Å². The van der Waals surface area contributed by atoms with Crippen LogP contribution in [0.3, 0.4) is 0 Å². The van der Waals surface area contributed by atoms with Gasteiger partial charge in [0.2, 0.25) is 0 Å². The number of ether oxygens (including phenoxy) is 1. The van der Waals surface area contributed by atoms with Gasteiger partial charge in [0.25, 0.3) is 0 Å². The summed E-state index contributed by atoms with van der Waals surface area (Å²) in [4.78, 5) is 0. The molecule has 0 aliphatic heterocycles. The summed E-state index contributed by atoms with van der Waals surface area (Å²) >= 11 is 0. The Morgan fingerprint density at radius 3 is 2.67 bits per heavy atom. The van der Waals surface area contributed by atoms with E-state index in [9.17, 15) is 0 Å². The molecule has 0 aromatic carbocycles. The average Bonchev–Trinajstić information content (AvgIpc) is 2.63. The maximum Gasteiger partial charge on any atom is 0.0577 e. The fraction of sp³-hybridized carbons (Fsp3) is 1.00. The molecule has 1 N–H and O–H groups in total. The standard InChI is InChI=1S/C7H14O2/c8-5-1-2-6-9-7-3-4-7/h7-8H,1-6H2. The molecule has 1 fully saturated rings. The zero-order chi connectivity index (χ0) is 6.53. The summed E-state index contributed by atoms with van der Waals surface area (Å²) in [5.41, 5.74) is 0. The van der Waals surface area contributed by atoms with Gasteiger partial charge in [-0.2, -0.15) is 0 Å². The Morgan fingerprint density at radius 2 is 2.11 bits per heavy atom. The molecule has 0 atom stereocenters. The van der Waals surface area contributed by atoms with Crippen LogP contribution in [0.2, 0.25) is 0 Å². The SMILES string of the molecule is OCCCCOC1CC1. The minimum absolute atomic E-state index is 0.300. The Balaban J connectivity index is 1.71. The van der Waals surface area contributed by atoms with Crippen LogP contribution >= 0.6 is 0 Å². The molecule has 0 saturated heterocycles. The van der Waals surface area contributed by atoms with Crippen LogP contribution in [0.25, 0.3) is 0 Å². The molecular weight excluding hydrogens is 116 g/mol. The summed E-state index contributed by atoms with van der Waals surface area (Å²) in [5, 5.41) is 8.39. The van der Waals surface area contributed by atoms with Crippen molar-refractivity contribution in [1.29, 1.82) is 0 Å². The second-order valence-electron chi connectivity index (χ2n) is 2.50. The lowest BCUT2D eigenvalue weighted by atomic mass is 10.3. The molecule has 0 heterocycles. The molecule has 0 spiro atoms. The van der Waals surface area contributed by atoms with Crippen molar-refractivity contribution in [2.24, 2.45) is 0 Å². The van der Waals surface area contributed by atoms with Gasteiger partial charge in [-0.3, -0.25) is 0 Å². The summed E-state index contributed by atoms with van der Waals surface area (Å²) in [6.07, 6.45) is 4.96. The summed E-state index contributed by atoms with van der Waals surface area (Å²) in [6.45, 7) is 1.14. The third-order valence-electron chi connectivity index (χ3n) is 1.43. The lowest BCUT2D eigenvalue weighted by Crippen LogP contribution is -1.96. The van der Waals surface area contributed by atoms with E-state index in [1.807, 2.05) is 0 Å². The van der Waals surface area contributed by atoms with E-state index >= 15 is 0 Å². The van der Waals surface area contributed by atoms with Gasteiger partial charge in [0.05, 0.1) is 6.10 Å². The Morgan fingerprint density at radius 1 is 1.33 bits per heavy atom. The summed E-state index contributed by atoms with van der Waals surface area (Å²) in [6, 6.07) is 0. The van der Waals surface area contributed by atoms with Crippen LogP contribution in [-0.4, -0.2) is 24.4 Å². The van der Waals surface area contributed by atoms with Gasteiger partial charge in [-0.25, -0.2) is 0 Å². The molecule has 0 bridgehead atoms. The van der Waals surface area contributed by atoms with Crippen LogP contribution in [0, 0.1) is 0 Å².